The molecule has 2 aromatic heterocycles. The van der Waals surface area contributed by atoms with Gasteiger partial charge in [0.25, 0.3) is 5.89 Å². The van der Waals surface area contributed by atoms with Crippen molar-refractivity contribution < 1.29 is 14.4 Å². The van der Waals surface area contributed by atoms with Gasteiger partial charge in [0.15, 0.2) is 6.61 Å². The van der Waals surface area contributed by atoms with Gasteiger partial charge in [0.2, 0.25) is 5.82 Å². The molecule has 3 aromatic rings. The topological polar surface area (TPSA) is 81.3 Å². The number of rotatable bonds is 5. The lowest BCUT2D eigenvalue weighted by Crippen LogP contribution is -2.14. The minimum absolute atomic E-state index is 0.212. The molecule has 3 rings (SSSR count). The molecule has 0 bridgehead atoms. The first-order valence-electron chi connectivity index (χ1n) is 7.12. The fraction of sp³-hybridized carbons (Fsp3) is 0.312. The van der Waals surface area contributed by atoms with Gasteiger partial charge in [0, 0.05) is 0 Å². The zero-order valence-electron chi connectivity index (χ0n) is 13.1. The van der Waals surface area contributed by atoms with E-state index in [0.29, 0.717) is 17.5 Å². The SMILES string of the molecule is Cc1ncsc1-c1nc(COc2ccc(C(C)(C)O)cc2)no1. The van der Waals surface area contributed by atoms with Gasteiger partial charge >= 0.3 is 0 Å². The van der Waals surface area contributed by atoms with Gasteiger partial charge in [0.1, 0.15) is 10.6 Å². The Morgan fingerprint density at radius 3 is 2.61 bits per heavy atom. The number of aromatic nitrogens is 3. The molecule has 0 saturated carbocycles. The number of hydrogen-bond acceptors (Lipinski definition) is 7. The molecule has 23 heavy (non-hydrogen) atoms. The van der Waals surface area contributed by atoms with Crippen LogP contribution in [0.3, 0.4) is 0 Å². The van der Waals surface area contributed by atoms with Crippen molar-refractivity contribution in [2.24, 2.45) is 0 Å². The Morgan fingerprint density at radius 1 is 1.26 bits per heavy atom. The average Bonchev–Trinajstić information content (AvgIpc) is 3.13. The van der Waals surface area contributed by atoms with Crippen LogP contribution in [0.25, 0.3) is 10.8 Å². The molecule has 0 aliphatic carbocycles. The van der Waals surface area contributed by atoms with Crippen molar-refractivity contribution in [2.45, 2.75) is 33.0 Å². The molecule has 0 amide bonds. The third kappa shape index (κ3) is 3.57. The molecule has 1 N–H and O–H groups in total. The highest BCUT2D eigenvalue weighted by atomic mass is 32.1. The summed E-state index contributed by atoms with van der Waals surface area (Å²) in [4.78, 5) is 9.35. The summed E-state index contributed by atoms with van der Waals surface area (Å²) in [6.45, 7) is 5.59. The van der Waals surface area contributed by atoms with E-state index < -0.39 is 5.60 Å². The zero-order chi connectivity index (χ0) is 16.4. The minimum atomic E-state index is -0.867. The first kappa shape index (κ1) is 15.6. The van der Waals surface area contributed by atoms with Gasteiger partial charge in [-0.15, -0.1) is 11.3 Å². The summed E-state index contributed by atoms with van der Waals surface area (Å²) in [5, 5.41) is 13.8. The molecule has 6 nitrogen and oxygen atoms in total. The summed E-state index contributed by atoms with van der Waals surface area (Å²) in [5.74, 6) is 1.61. The van der Waals surface area contributed by atoms with E-state index in [9.17, 15) is 5.11 Å². The van der Waals surface area contributed by atoms with Crippen LogP contribution >= 0.6 is 11.3 Å². The number of benzene rings is 1. The summed E-state index contributed by atoms with van der Waals surface area (Å²) in [7, 11) is 0. The largest absolute Gasteiger partial charge is 0.485 e. The second-order valence-corrected chi connectivity index (χ2v) is 6.51. The highest BCUT2D eigenvalue weighted by Gasteiger charge is 2.16. The average molecular weight is 331 g/mol. The van der Waals surface area contributed by atoms with Crippen molar-refractivity contribution in [1.82, 2.24) is 15.1 Å². The quantitative estimate of drug-likeness (QED) is 0.772. The lowest BCUT2D eigenvalue weighted by atomic mass is 9.99. The standard InChI is InChI=1S/C16H17N3O3S/c1-10-14(23-9-17-10)15-18-13(19-22-15)8-21-12-6-4-11(5-7-12)16(2,3)20/h4-7,9,20H,8H2,1-3H3. The molecule has 0 aliphatic rings. The molecule has 2 heterocycles. The van der Waals surface area contributed by atoms with E-state index in [4.69, 9.17) is 9.26 Å². The number of aryl methyl sites for hydroxylation is 1. The minimum Gasteiger partial charge on any atom is -0.485 e. The number of ether oxygens (including phenoxy) is 1. The fourth-order valence-electron chi connectivity index (χ4n) is 2.02. The summed E-state index contributed by atoms with van der Waals surface area (Å²) < 4.78 is 10.9. The van der Waals surface area contributed by atoms with E-state index in [-0.39, 0.29) is 6.61 Å². The molecule has 0 radical (unpaired) electrons. The first-order chi connectivity index (χ1) is 10.9. The van der Waals surface area contributed by atoms with E-state index in [0.717, 1.165) is 16.1 Å². The summed E-state index contributed by atoms with van der Waals surface area (Å²) in [6.07, 6.45) is 0. The molecular weight excluding hydrogens is 314 g/mol. The molecular formula is C16H17N3O3S. The van der Waals surface area contributed by atoms with Crippen LogP contribution in [-0.2, 0) is 12.2 Å². The molecule has 1 aromatic carbocycles. The number of hydrogen-bond donors (Lipinski definition) is 1. The Hall–Kier alpha value is -2.25. The van der Waals surface area contributed by atoms with Gasteiger partial charge in [-0.25, -0.2) is 4.98 Å². The normalized spacial score (nSPS) is 11.7. The van der Waals surface area contributed by atoms with Gasteiger partial charge in [-0.05, 0) is 38.5 Å². The van der Waals surface area contributed by atoms with Crippen LogP contribution in [0.1, 0.15) is 30.9 Å². The van der Waals surface area contributed by atoms with Gasteiger partial charge in [-0.2, -0.15) is 4.98 Å². The molecule has 0 saturated heterocycles. The van der Waals surface area contributed by atoms with Crippen molar-refractivity contribution in [3.63, 3.8) is 0 Å². The number of thiazole rings is 1. The molecule has 0 spiro atoms. The van der Waals surface area contributed by atoms with Crippen molar-refractivity contribution in [3.8, 4) is 16.5 Å². The van der Waals surface area contributed by atoms with E-state index in [1.54, 1.807) is 19.4 Å². The van der Waals surface area contributed by atoms with Gasteiger partial charge in [-0.3, -0.25) is 0 Å². The highest BCUT2D eigenvalue weighted by Crippen LogP contribution is 2.26. The Balaban J connectivity index is 1.65. The summed E-state index contributed by atoms with van der Waals surface area (Å²) in [6, 6.07) is 7.28. The van der Waals surface area contributed by atoms with E-state index >= 15 is 0 Å². The Bertz CT molecular complexity index is 788. The van der Waals surface area contributed by atoms with E-state index in [1.807, 2.05) is 31.2 Å². The molecule has 120 valence electrons. The molecule has 0 atom stereocenters. The smallest absolute Gasteiger partial charge is 0.270 e. The monoisotopic (exact) mass is 331 g/mol. The number of aliphatic hydroxyl groups is 1. The maximum absolute atomic E-state index is 9.93. The fourth-order valence-corrected chi connectivity index (χ4v) is 2.74. The third-order valence-corrected chi connectivity index (χ3v) is 4.25. The third-order valence-electron chi connectivity index (χ3n) is 3.34. The molecule has 0 aliphatic heterocycles. The second kappa shape index (κ2) is 6.10. The van der Waals surface area contributed by atoms with Crippen LogP contribution in [0.4, 0.5) is 0 Å². The van der Waals surface area contributed by atoms with Gasteiger partial charge < -0.3 is 14.4 Å². The highest BCUT2D eigenvalue weighted by molar-refractivity contribution is 7.13. The second-order valence-electron chi connectivity index (χ2n) is 5.65. The van der Waals surface area contributed by atoms with Gasteiger partial charge in [0.05, 0.1) is 16.8 Å². The van der Waals surface area contributed by atoms with E-state index in [1.165, 1.54) is 11.3 Å². The van der Waals surface area contributed by atoms with Crippen molar-refractivity contribution >= 4 is 11.3 Å². The lowest BCUT2D eigenvalue weighted by Gasteiger charge is -2.17. The Kier molecular flexibility index (Phi) is 4.14. The summed E-state index contributed by atoms with van der Waals surface area (Å²) >= 11 is 1.46. The lowest BCUT2D eigenvalue weighted by molar-refractivity contribution is 0.0785. The van der Waals surface area contributed by atoms with Crippen molar-refractivity contribution in [3.05, 3.63) is 46.9 Å². The number of nitrogens with zero attached hydrogens (tertiary/aromatic N) is 3. The predicted molar refractivity (Wildman–Crippen MR) is 86.2 cm³/mol. The van der Waals surface area contributed by atoms with Crippen LogP contribution < -0.4 is 4.74 Å². The predicted octanol–water partition coefficient (Wildman–Crippen LogP) is 3.31. The zero-order valence-corrected chi connectivity index (χ0v) is 13.9. The maximum Gasteiger partial charge on any atom is 0.270 e. The van der Waals surface area contributed by atoms with Crippen LogP contribution in [0.2, 0.25) is 0 Å². The van der Waals surface area contributed by atoms with Crippen LogP contribution in [0.5, 0.6) is 5.75 Å². The molecule has 0 unspecified atom stereocenters. The van der Waals surface area contributed by atoms with Gasteiger partial charge in [-0.1, -0.05) is 17.3 Å². The van der Waals surface area contributed by atoms with Crippen molar-refractivity contribution in [1.29, 1.82) is 0 Å². The summed E-state index contributed by atoms with van der Waals surface area (Å²) in [5.41, 5.74) is 2.57. The van der Waals surface area contributed by atoms with Crippen LogP contribution in [-0.4, -0.2) is 20.2 Å². The maximum atomic E-state index is 9.93. The van der Waals surface area contributed by atoms with E-state index in [2.05, 4.69) is 15.1 Å². The van der Waals surface area contributed by atoms with Crippen LogP contribution in [0.15, 0.2) is 34.3 Å². The molecule has 0 fully saturated rings. The first-order valence-corrected chi connectivity index (χ1v) is 8.00. The Labute approximate surface area is 137 Å². The van der Waals surface area contributed by atoms with Crippen LogP contribution in [0, 0.1) is 6.92 Å². The Morgan fingerprint density at radius 2 is 2.00 bits per heavy atom. The molecule has 7 heteroatoms. The van der Waals surface area contributed by atoms with Crippen molar-refractivity contribution in [2.75, 3.05) is 0 Å².